The number of nitrogens with one attached hydrogen (secondary N) is 1. The zero-order valence-corrected chi connectivity index (χ0v) is 11.7. The van der Waals surface area contributed by atoms with Crippen LogP contribution in [0, 0.1) is 17.0 Å². The molecule has 21 heavy (non-hydrogen) atoms. The van der Waals surface area contributed by atoms with Crippen molar-refractivity contribution >= 4 is 11.4 Å². The van der Waals surface area contributed by atoms with Crippen LogP contribution in [0.4, 0.5) is 11.4 Å². The predicted octanol–water partition coefficient (Wildman–Crippen LogP) is 1.92. The summed E-state index contributed by atoms with van der Waals surface area (Å²) in [5.41, 5.74) is 0.136. The number of aromatic nitrogens is 2. The van der Waals surface area contributed by atoms with Gasteiger partial charge in [-0.15, -0.1) is 0 Å². The third-order valence-corrected chi connectivity index (χ3v) is 2.70. The van der Waals surface area contributed by atoms with Crippen molar-refractivity contribution in [2.24, 2.45) is 0 Å². The van der Waals surface area contributed by atoms with Crippen molar-refractivity contribution in [3.8, 4) is 11.5 Å². The van der Waals surface area contributed by atoms with Crippen molar-refractivity contribution < 1.29 is 18.9 Å². The highest BCUT2D eigenvalue weighted by atomic mass is 16.6. The predicted molar refractivity (Wildman–Crippen MR) is 72.6 cm³/mol. The lowest BCUT2D eigenvalue weighted by molar-refractivity contribution is -0.384. The second-order valence-corrected chi connectivity index (χ2v) is 4.07. The average molecular weight is 294 g/mol. The van der Waals surface area contributed by atoms with Crippen LogP contribution >= 0.6 is 0 Å². The Kier molecular flexibility index (Phi) is 4.21. The van der Waals surface area contributed by atoms with E-state index >= 15 is 0 Å². The quantitative estimate of drug-likeness (QED) is 0.635. The summed E-state index contributed by atoms with van der Waals surface area (Å²) in [6, 6.07) is 2.78. The molecule has 9 nitrogen and oxygen atoms in total. The van der Waals surface area contributed by atoms with Gasteiger partial charge in [-0.3, -0.25) is 10.1 Å². The van der Waals surface area contributed by atoms with Crippen LogP contribution in [0.15, 0.2) is 16.7 Å². The van der Waals surface area contributed by atoms with E-state index in [4.69, 9.17) is 14.0 Å². The Morgan fingerprint density at radius 3 is 2.52 bits per heavy atom. The van der Waals surface area contributed by atoms with Crippen molar-refractivity contribution in [3.05, 3.63) is 34.0 Å². The molecular weight excluding hydrogens is 280 g/mol. The zero-order valence-electron chi connectivity index (χ0n) is 11.7. The number of benzene rings is 1. The minimum Gasteiger partial charge on any atom is -0.493 e. The smallest absolute Gasteiger partial charge is 0.296 e. The number of aryl methyl sites for hydroxylation is 1. The number of nitro groups is 1. The summed E-state index contributed by atoms with van der Waals surface area (Å²) < 4.78 is 15.1. The second kappa shape index (κ2) is 6.07. The van der Waals surface area contributed by atoms with Crippen molar-refractivity contribution in [1.29, 1.82) is 0 Å². The molecule has 9 heteroatoms. The van der Waals surface area contributed by atoms with Crippen molar-refractivity contribution in [2.45, 2.75) is 13.5 Å². The molecule has 0 amide bonds. The van der Waals surface area contributed by atoms with Crippen LogP contribution < -0.4 is 14.8 Å². The van der Waals surface area contributed by atoms with Crippen LogP contribution in [-0.4, -0.2) is 29.3 Å². The minimum atomic E-state index is -0.511. The van der Waals surface area contributed by atoms with Crippen LogP contribution in [0.2, 0.25) is 0 Å². The fraction of sp³-hybridized carbons (Fsp3) is 0.333. The third-order valence-electron chi connectivity index (χ3n) is 2.70. The van der Waals surface area contributed by atoms with E-state index in [1.807, 2.05) is 0 Å². The van der Waals surface area contributed by atoms with Crippen LogP contribution in [0.5, 0.6) is 11.5 Å². The molecule has 1 N–H and O–H groups in total. The van der Waals surface area contributed by atoms with Gasteiger partial charge in [-0.05, 0) is 6.92 Å². The van der Waals surface area contributed by atoms with Crippen LogP contribution in [-0.2, 0) is 6.54 Å². The highest BCUT2D eigenvalue weighted by molar-refractivity contribution is 5.68. The molecule has 0 saturated heterocycles. The summed E-state index contributed by atoms with van der Waals surface area (Å²) in [4.78, 5) is 14.6. The van der Waals surface area contributed by atoms with E-state index in [0.29, 0.717) is 17.5 Å². The Hall–Kier alpha value is -2.84. The molecule has 0 unspecified atom stereocenters. The molecule has 2 rings (SSSR count). The Morgan fingerprint density at radius 2 is 2.00 bits per heavy atom. The number of rotatable bonds is 6. The number of nitro benzene ring substituents is 1. The maximum atomic E-state index is 11.1. The molecule has 112 valence electrons. The average Bonchev–Trinajstić information content (AvgIpc) is 2.89. The Balaban J connectivity index is 2.29. The molecule has 0 atom stereocenters. The molecule has 0 radical (unpaired) electrons. The van der Waals surface area contributed by atoms with E-state index in [1.165, 1.54) is 26.4 Å². The molecular formula is C12H14N4O5. The van der Waals surface area contributed by atoms with Gasteiger partial charge in [0.25, 0.3) is 5.69 Å². The summed E-state index contributed by atoms with van der Waals surface area (Å²) in [5.74, 6) is 1.49. The molecule has 1 heterocycles. The van der Waals surface area contributed by atoms with Gasteiger partial charge in [0, 0.05) is 6.07 Å². The lowest BCUT2D eigenvalue weighted by atomic mass is 10.2. The Labute approximate surface area is 120 Å². The van der Waals surface area contributed by atoms with Crippen molar-refractivity contribution in [2.75, 3.05) is 19.5 Å². The first kappa shape index (κ1) is 14.6. The molecule has 0 aliphatic rings. The lowest BCUT2D eigenvalue weighted by Crippen LogP contribution is -2.04. The molecule has 0 spiro atoms. The van der Waals surface area contributed by atoms with E-state index in [1.54, 1.807) is 6.92 Å². The van der Waals surface area contributed by atoms with Gasteiger partial charge < -0.3 is 19.3 Å². The number of methoxy groups -OCH3 is 2. The highest BCUT2D eigenvalue weighted by Gasteiger charge is 2.19. The first-order valence-electron chi connectivity index (χ1n) is 5.98. The number of ether oxygens (including phenoxy) is 2. The van der Waals surface area contributed by atoms with Crippen LogP contribution in [0.3, 0.4) is 0 Å². The normalized spacial score (nSPS) is 10.2. The molecule has 1 aromatic carbocycles. The van der Waals surface area contributed by atoms with Gasteiger partial charge in [0.1, 0.15) is 5.69 Å². The van der Waals surface area contributed by atoms with Gasteiger partial charge in [0.2, 0.25) is 5.89 Å². The maximum Gasteiger partial charge on any atom is 0.296 e. The monoisotopic (exact) mass is 294 g/mol. The fourth-order valence-corrected chi connectivity index (χ4v) is 1.74. The first-order chi connectivity index (χ1) is 10.0. The summed E-state index contributed by atoms with van der Waals surface area (Å²) in [5, 5.41) is 17.6. The molecule has 2 aromatic rings. The van der Waals surface area contributed by atoms with E-state index in [-0.39, 0.29) is 23.7 Å². The number of hydrogen-bond acceptors (Lipinski definition) is 8. The van der Waals surface area contributed by atoms with Gasteiger partial charge in [0.15, 0.2) is 17.3 Å². The van der Waals surface area contributed by atoms with Gasteiger partial charge in [0.05, 0.1) is 31.8 Å². The largest absolute Gasteiger partial charge is 0.493 e. The Bertz CT molecular complexity index is 655. The minimum absolute atomic E-state index is 0.135. The third kappa shape index (κ3) is 3.19. The molecule has 0 bridgehead atoms. The second-order valence-electron chi connectivity index (χ2n) is 4.07. The summed E-state index contributed by atoms with van der Waals surface area (Å²) in [6.45, 7) is 1.85. The van der Waals surface area contributed by atoms with E-state index in [0.717, 1.165) is 0 Å². The van der Waals surface area contributed by atoms with Gasteiger partial charge in [-0.2, -0.15) is 4.98 Å². The van der Waals surface area contributed by atoms with Crippen LogP contribution in [0.1, 0.15) is 11.7 Å². The van der Waals surface area contributed by atoms with Crippen molar-refractivity contribution in [1.82, 2.24) is 10.1 Å². The lowest BCUT2D eigenvalue weighted by Gasteiger charge is -2.11. The maximum absolute atomic E-state index is 11.1. The molecule has 1 aromatic heterocycles. The topological polar surface area (TPSA) is 113 Å². The van der Waals surface area contributed by atoms with Gasteiger partial charge >= 0.3 is 0 Å². The molecule has 0 aliphatic carbocycles. The Morgan fingerprint density at radius 1 is 1.33 bits per heavy atom. The van der Waals surface area contributed by atoms with Crippen molar-refractivity contribution in [3.63, 3.8) is 0 Å². The summed E-state index contributed by atoms with van der Waals surface area (Å²) in [6.07, 6.45) is 0. The number of anilines is 1. The highest BCUT2D eigenvalue weighted by Crippen LogP contribution is 2.37. The number of nitrogens with zero attached hydrogens (tertiary/aromatic N) is 3. The molecule has 0 saturated carbocycles. The zero-order chi connectivity index (χ0) is 15.4. The first-order valence-corrected chi connectivity index (χ1v) is 5.98. The fourth-order valence-electron chi connectivity index (χ4n) is 1.74. The summed E-state index contributed by atoms with van der Waals surface area (Å²) in [7, 11) is 2.87. The SMILES string of the molecule is COc1cc(NCc2nc(C)no2)c([N+](=O)[O-])cc1OC. The standard InChI is InChI=1S/C12H14N4O5/c1-7-14-12(21-15-7)6-13-8-4-10(19-2)11(20-3)5-9(8)16(17)18/h4-5,13H,6H2,1-3H3. The van der Waals surface area contributed by atoms with Gasteiger partial charge in [-0.1, -0.05) is 5.16 Å². The van der Waals surface area contributed by atoms with E-state index < -0.39 is 4.92 Å². The molecule has 0 fully saturated rings. The molecule has 0 aliphatic heterocycles. The van der Waals surface area contributed by atoms with Crippen LogP contribution in [0.25, 0.3) is 0 Å². The summed E-state index contributed by atoms with van der Waals surface area (Å²) >= 11 is 0. The van der Waals surface area contributed by atoms with E-state index in [2.05, 4.69) is 15.5 Å². The van der Waals surface area contributed by atoms with Gasteiger partial charge in [-0.25, -0.2) is 0 Å². The van der Waals surface area contributed by atoms with E-state index in [9.17, 15) is 10.1 Å². The number of hydrogen-bond donors (Lipinski definition) is 1.